The van der Waals surface area contributed by atoms with Crippen LogP contribution in [0.3, 0.4) is 0 Å². The van der Waals surface area contributed by atoms with Crippen LogP contribution in [0.15, 0.2) is 12.4 Å². The van der Waals surface area contributed by atoms with Crippen LogP contribution >= 0.6 is 0 Å². The van der Waals surface area contributed by atoms with E-state index >= 15 is 0 Å². The average molecular weight is 304 g/mol. The van der Waals surface area contributed by atoms with E-state index < -0.39 is 11.9 Å². The molecule has 3 rings (SSSR count). The molecule has 6 nitrogen and oxygen atoms in total. The summed E-state index contributed by atoms with van der Waals surface area (Å²) in [6.07, 6.45) is 5.37. The molecule has 3 atom stereocenters. The maximum atomic E-state index is 12.4. The van der Waals surface area contributed by atoms with E-state index in [1.807, 2.05) is 0 Å². The minimum absolute atomic E-state index is 0.0705. The van der Waals surface area contributed by atoms with E-state index in [2.05, 4.69) is 30.7 Å². The molecule has 0 saturated heterocycles. The lowest BCUT2D eigenvalue weighted by molar-refractivity contribution is -0.0249. The fourth-order valence-electron chi connectivity index (χ4n) is 4.14. The molecule has 0 radical (unpaired) electrons. The monoisotopic (exact) mass is 304 g/mol. The zero-order chi connectivity index (χ0) is 16.1. The number of fused-ring (bicyclic) bond motifs is 2. The Morgan fingerprint density at radius 1 is 1.23 bits per heavy atom. The SMILES string of the molecule is CC1(C)C2CCC1(C)C(OC(=O)c1nccnc1C(=O)O)C2. The van der Waals surface area contributed by atoms with Crippen molar-refractivity contribution in [2.45, 2.75) is 46.1 Å². The molecule has 3 unspecified atom stereocenters. The Hall–Kier alpha value is -1.98. The molecule has 0 amide bonds. The van der Waals surface area contributed by atoms with Crippen LogP contribution in [0.4, 0.5) is 0 Å². The van der Waals surface area contributed by atoms with E-state index in [-0.39, 0.29) is 28.3 Å². The summed E-state index contributed by atoms with van der Waals surface area (Å²) in [6, 6.07) is 0. The van der Waals surface area contributed by atoms with Gasteiger partial charge in [-0.3, -0.25) is 0 Å². The van der Waals surface area contributed by atoms with Crippen molar-refractivity contribution >= 4 is 11.9 Å². The lowest BCUT2D eigenvalue weighted by atomic mass is 9.70. The molecule has 1 heterocycles. The van der Waals surface area contributed by atoms with Crippen molar-refractivity contribution in [2.24, 2.45) is 16.7 Å². The molecule has 2 aliphatic carbocycles. The van der Waals surface area contributed by atoms with Crippen molar-refractivity contribution in [1.29, 1.82) is 0 Å². The highest BCUT2D eigenvalue weighted by molar-refractivity contribution is 5.99. The number of aromatic nitrogens is 2. The number of hydrogen-bond donors (Lipinski definition) is 1. The zero-order valence-electron chi connectivity index (χ0n) is 13.0. The second kappa shape index (κ2) is 4.76. The zero-order valence-corrected chi connectivity index (χ0v) is 13.0. The van der Waals surface area contributed by atoms with Crippen molar-refractivity contribution < 1.29 is 19.4 Å². The van der Waals surface area contributed by atoms with Gasteiger partial charge in [-0.1, -0.05) is 20.8 Å². The van der Waals surface area contributed by atoms with Crippen LogP contribution < -0.4 is 0 Å². The molecule has 6 heteroatoms. The Kier molecular flexibility index (Phi) is 3.23. The van der Waals surface area contributed by atoms with Crippen LogP contribution in [0.5, 0.6) is 0 Å². The van der Waals surface area contributed by atoms with Crippen LogP contribution in [-0.2, 0) is 4.74 Å². The van der Waals surface area contributed by atoms with Crippen molar-refractivity contribution in [3.63, 3.8) is 0 Å². The van der Waals surface area contributed by atoms with Crippen LogP contribution in [0.1, 0.15) is 61.0 Å². The van der Waals surface area contributed by atoms with Crippen molar-refractivity contribution in [2.75, 3.05) is 0 Å². The molecular formula is C16H20N2O4. The summed E-state index contributed by atoms with van der Waals surface area (Å²) in [5.74, 6) is -1.43. The summed E-state index contributed by atoms with van der Waals surface area (Å²) < 4.78 is 5.66. The lowest BCUT2D eigenvalue weighted by Crippen LogP contribution is -2.38. The highest BCUT2D eigenvalue weighted by Crippen LogP contribution is 2.66. The third-order valence-electron chi connectivity index (χ3n) is 6.06. The predicted octanol–water partition coefficient (Wildman–Crippen LogP) is 2.55. The molecule has 2 aliphatic rings. The number of aromatic carboxylic acids is 1. The third-order valence-corrected chi connectivity index (χ3v) is 6.06. The summed E-state index contributed by atoms with van der Waals surface area (Å²) in [5, 5.41) is 9.10. The summed E-state index contributed by atoms with van der Waals surface area (Å²) >= 11 is 0. The number of esters is 1. The molecule has 0 aliphatic heterocycles. The molecule has 1 N–H and O–H groups in total. The number of nitrogens with zero attached hydrogens (tertiary/aromatic N) is 2. The lowest BCUT2D eigenvalue weighted by Gasteiger charge is -2.38. The third kappa shape index (κ3) is 1.93. The fraction of sp³-hybridized carbons (Fsp3) is 0.625. The predicted molar refractivity (Wildman–Crippen MR) is 77.4 cm³/mol. The summed E-state index contributed by atoms with van der Waals surface area (Å²) in [7, 11) is 0. The standard InChI is InChI=1S/C16H20N2O4/c1-15(2)9-4-5-16(15,3)10(8-9)22-14(21)12-11(13(19)20)17-6-7-18-12/h6-7,9-10H,4-5,8H2,1-3H3,(H,19,20). The summed E-state index contributed by atoms with van der Waals surface area (Å²) in [6.45, 7) is 6.61. The topological polar surface area (TPSA) is 89.4 Å². The van der Waals surface area contributed by atoms with E-state index in [4.69, 9.17) is 9.84 Å². The fourth-order valence-corrected chi connectivity index (χ4v) is 4.14. The Bertz CT molecular complexity index is 643. The highest BCUT2D eigenvalue weighted by Gasteiger charge is 2.63. The number of carboxylic acids is 1. The first-order chi connectivity index (χ1) is 10.3. The molecule has 0 aromatic carbocycles. The van der Waals surface area contributed by atoms with Gasteiger partial charge >= 0.3 is 11.9 Å². The number of hydrogen-bond acceptors (Lipinski definition) is 5. The van der Waals surface area contributed by atoms with E-state index in [0.717, 1.165) is 19.3 Å². The second-order valence-electron chi connectivity index (χ2n) is 7.06. The number of ether oxygens (including phenoxy) is 1. The quantitative estimate of drug-likeness (QED) is 0.863. The van der Waals surface area contributed by atoms with Gasteiger partial charge in [-0.25, -0.2) is 19.6 Å². The van der Waals surface area contributed by atoms with E-state index in [9.17, 15) is 9.59 Å². The Labute approximate surface area is 128 Å². The van der Waals surface area contributed by atoms with Gasteiger partial charge in [-0.05, 0) is 30.6 Å². The first-order valence-electron chi connectivity index (χ1n) is 7.52. The minimum Gasteiger partial charge on any atom is -0.476 e. The first kappa shape index (κ1) is 14.9. The van der Waals surface area contributed by atoms with Crippen LogP contribution in [0, 0.1) is 16.7 Å². The van der Waals surface area contributed by atoms with Crippen molar-refractivity contribution in [3.8, 4) is 0 Å². The van der Waals surface area contributed by atoms with Crippen LogP contribution in [0.25, 0.3) is 0 Å². The molecule has 2 fully saturated rings. The number of carbonyl (C=O) groups is 2. The van der Waals surface area contributed by atoms with Gasteiger partial charge in [0.15, 0.2) is 11.4 Å². The van der Waals surface area contributed by atoms with Crippen molar-refractivity contribution in [3.05, 3.63) is 23.8 Å². The number of carboxylic acid groups (broad SMARTS) is 1. The van der Waals surface area contributed by atoms with Gasteiger partial charge in [0, 0.05) is 17.8 Å². The molecule has 1 aromatic heterocycles. The first-order valence-corrected chi connectivity index (χ1v) is 7.52. The van der Waals surface area contributed by atoms with Gasteiger partial charge in [-0.15, -0.1) is 0 Å². The molecule has 22 heavy (non-hydrogen) atoms. The van der Waals surface area contributed by atoms with Crippen molar-refractivity contribution in [1.82, 2.24) is 9.97 Å². The molecule has 0 spiro atoms. The molecule has 2 bridgehead atoms. The van der Waals surface area contributed by atoms with Gasteiger partial charge < -0.3 is 9.84 Å². The molecular weight excluding hydrogens is 284 g/mol. The highest BCUT2D eigenvalue weighted by atomic mass is 16.5. The van der Waals surface area contributed by atoms with Gasteiger partial charge in [0.05, 0.1) is 0 Å². The number of carbonyl (C=O) groups excluding carboxylic acids is 1. The van der Waals surface area contributed by atoms with Crippen LogP contribution in [0.2, 0.25) is 0 Å². The second-order valence-corrected chi connectivity index (χ2v) is 7.06. The molecule has 2 saturated carbocycles. The minimum atomic E-state index is -1.28. The van der Waals surface area contributed by atoms with Gasteiger partial charge in [-0.2, -0.15) is 0 Å². The molecule has 118 valence electrons. The van der Waals surface area contributed by atoms with Gasteiger partial charge in [0.2, 0.25) is 0 Å². The Morgan fingerprint density at radius 3 is 2.36 bits per heavy atom. The Balaban J connectivity index is 1.84. The molecule has 1 aromatic rings. The normalized spacial score (nSPS) is 32.0. The van der Waals surface area contributed by atoms with E-state index in [0.29, 0.717) is 5.92 Å². The maximum absolute atomic E-state index is 12.4. The largest absolute Gasteiger partial charge is 0.476 e. The average Bonchev–Trinajstić information content (AvgIpc) is 2.80. The number of rotatable bonds is 3. The smallest absolute Gasteiger partial charge is 0.359 e. The van der Waals surface area contributed by atoms with Gasteiger partial charge in [0.1, 0.15) is 6.10 Å². The van der Waals surface area contributed by atoms with E-state index in [1.165, 1.54) is 12.4 Å². The van der Waals surface area contributed by atoms with E-state index in [1.54, 1.807) is 0 Å². The van der Waals surface area contributed by atoms with Crippen LogP contribution in [-0.4, -0.2) is 33.1 Å². The maximum Gasteiger partial charge on any atom is 0.359 e. The summed E-state index contributed by atoms with van der Waals surface area (Å²) in [5.41, 5.74) is -0.534. The summed E-state index contributed by atoms with van der Waals surface area (Å²) in [4.78, 5) is 31.1. The van der Waals surface area contributed by atoms with Gasteiger partial charge in [0.25, 0.3) is 0 Å². The Morgan fingerprint density at radius 2 is 1.86 bits per heavy atom.